The molecule has 3 N–H and O–H groups in total. The van der Waals surface area contributed by atoms with Crippen LogP contribution in [-0.4, -0.2) is 33.7 Å². The molecule has 0 saturated heterocycles. The number of nitro groups is 1. The normalized spacial score (nSPS) is 13.2. The minimum atomic E-state index is -1.18. The van der Waals surface area contributed by atoms with E-state index in [0.717, 1.165) is 24.8 Å². The van der Waals surface area contributed by atoms with Gasteiger partial charge in [-0.3, -0.25) is 14.9 Å². The lowest BCUT2D eigenvalue weighted by Gasteiger charge is -2.22. The van der Waals surface area contributed by atoms with Gasteiger partial charge in [0.25, 0.3) is 11.6 Å². The number of aliphatic hydroxyl groups excluding tert-OH is 2. The van der Waals surface area contributed by atoms with Gasteiger partial charge in [-0.1, -0.05) is 20.3 Å². The van der Waals surface area contributed by atoms with Crippen LogP contribution in [0, 0.1) is 10.1 Å². The number of carbonyl (C=O) groups excluding carboxylic acids is 1. The molecule has 0 aliphatic heterocycles. The van der Waals surface area contributed by atoms with Crippen LogP contribution >= 0.6 is 11.3 Å². The summed E-state index contributed by atoms with van der Waals surface area (Å²) >= 11 is 1.43. The van der Waals surface area contributed by atoms with Gasteiger partial charge in [0.05, 0.1) is 22.4 Å². The fourth-order valence-electron chi connectivity index (χ4n) is 2.81. The van der Waals surface area contributed by atoms with Crippen molar-refractivity contribution in [2.45, 2.75) is 45.3 Å². The summed E-state index contributed by atoms with van der Waals surface area (Å²) in [5.41, 5.74) is 1.43. The molecule has 1 aromatic carbocycles. The highest BCUT2D eigenvalue weighted by Gasteiger charge is 2.24. The highest BCUT2D eigenvalue weighted by Crippen LogP contribution is 2.26. The molecule has 0 aliphatic rings. The molecule has 27 heavy (non-hydrogen) atoms. The summed E-state index contributed by atoms with van der Waals surface area (Å²) in [6, 6.07) is 6.32. The standard InChI is InChI=1S/C19H24N2O5S/c1-3-5-16-12(4-2)10-17(27-16)19(24)20-15(11-22)18(23)13-6-8-14(9-7-13)21(25)26/h6-10,15,18,22-23H,3-5,11H2,1-2H3,(H,20,24). The quantitative estimate of drug-likeness (QED) is 0.448. The highest BCUT2D eigenvalue weighted by molar-refractivity contribution is 7.14. The van der Waals surface area contributed by atoms with Crippen molar-refractivity contribution < 1.29 is 19.9 Å². The number of hydrogen-bond donors (Lipinski definition) is 3. The van der Waals surface area contributed by atoms with E-state index in [2.05, 4.69) is 12.2 Å². The summed E-state index contributed by atoms with van der Waals surface area (Å²) in [6.07, 6.45) is 1.57. The van der Waals surface area contributed by atoms with Crippen molar-refractivity contribution >= 4 is 22.9 Å². The number of nitrogens with one attached hydrogen (secondary N) is 1. The van der Waals surface area contributed by atoms with Crippen LogP contribution in [0.15, 0.2) is 30.3 Å². The predicted octanol–water partition coefficient (Wildman–Crippen LogP) is 3.00. The Kier molecular flexibility index (Phi) is 7.46. The minimum absolute atomic E-state index is 0.0929. The zero-order chi connectivity index (χ0) is 20.0. The summed E-state index contributed by atoms with van der Waals surface area (Å²) in [5.74, 6) is -0.350. The van der Waals surface area contributed by atoms with Crippen LogP contribution in [0.25, 0.3) is 0 Å². The molecular weight excluding hydrogens is 368 g/mol. The first-order valence-corrected chi connectivity index (χ1v) is 9.68. The largest absolute Gasteiger partial charge is 0.394 e. The van der Waals surface area contributed by atoms with E-state index < -0.39 is 23.7 Å². The van der Waals surface area contributed by atoms with E-state index in [9.17, 15) is 25.1 Å². The summed E-state index contributed by atoms with van der Waals surface area (Å²) < 4.78 is 0. The van der Waals surface area contributed by atoms with E-state index in [-0.39, 0.29) is 11.6 Å². The Hall–Kier alpha value is -2.29. The number of nitrogens with zero attached hydrogens (tertiary/aromatic N) is 1. The molecule has 0 saturated carbocycles. The summed E-state index contributed by atoms with van der Waals surface area (Å²) in [4.78, 5) is 24.5. The van der Waals surface area contributed by atoms with Crippen molar-refractivity contribution in [2.75, 3.05) is 6.61 Å². The number of nitro benzene ring substituents is 1. The SMILES string of the molecule is CCCc1sc(C(=O)NC(CO)C(O)c2ccc([N+](=O)[O-])cc2)cc1CC. The molecule has 0 aliphatic carbocycles. The Labute approximate surface area is 161 Å². The van der Waals surface area contributed by atoms with Crippen molar-refractivity contribution in [1.82, 2.24) is 5.32 Å². The van der Waals surface area contributed by atoms with Gasteiger partial charge in [-0.15, -0.1) is 11.3 Å². The molecular formula is C19H24N2O5S. The zero-order valence-corrected chi connectivity index (χ0v) is 16.2. The van der Waals surface area contributed by atoms with Gasteiger partial charge in [-0.05, 0) is 42.2 Å². The van der Waals surface area contributed by atoms with Crippen molar-refractivity contribution in [1.29, 1.82) is 0 Å². The van der Waals surface area contributed by atoms with E-state index >= 15 is 0 Å². The monoisotopic (exact) mass is 392 g/mol. The zero-order valence-electron chi connectivity index (χ0n) is 15.3. The molecule has 146 valence electrons. The smallest absolute Gasteiger partial charge is 0.269 e. The summed E-state index contributed by atoms with van der Waals surface area (Å²) in [6.45, 7) is 3.66. The third-order valence-corrected chi connectivity index (χ3v) is 5.55. The lowest BCUT2D eigenvalue weighted by Crippen LogP contribution is -2.41. The van der Waals surface area contributed by atoms with Gasteiger partial charge < -0.3 is 15.5 Å². The average Bonchev–Trinajstić information content (AvgIpc) is 3.09. The fraction of sp³-hybridized carbons (Fsp3) is 0.421. The molecule has 0 spiro atoms. The second-order valence-electron chi connectivity index (χ2n) is 6.22. The number of rotatable bonds is 9. The molecule has 1 heterocycles. The van der Waals surface area contributed by atoms with Crippen LogP contribution < -0.4 is 5.32 Å². The van der Waals surface area contributed by atoms with Crippen molar-refractivity contribution in [2.24, 2.45) is 0 Å². The van der Waals surface area contributed by atoms with Gasteiger partial charge in [0.15, 0.2) is 0 Å². The number of thiophene rings is 1. The Morgan fingerprint density at radius 3 is 2.48 bits per heavy atom. The van der Waals surface area contributed by atoms with Gasteiger partial charge in [-0.2, -0.15) is 0 Å². The minimum Gasteiger partial charge on any atom is -0.394 e. The molecule has 8 heteroatoms. The van der Waals surface area contributed by atoms with E-state index in [4.69, 9.17) is 0 Å². The maximum Gasteiger partial charge on any atom is 0.269 e. The molecule has 2 aromatic rings. The van der Waals surface area contributed by atoms with E-state index in [1.54, 1.807) is 0 Å². The molecule has 2 rings (SSSR count). The third kappa shape index (κ3) is 5.12. The number of aryl methyl sites for hydroxylation is 2. The fourth-order valence-corrected chi connectivity index (χ4v) is 4.06. The van der Waals surface area contributed by atoms with Crippen LogP contribution in [0.5, 0.6) is 0 Å². The van der Waals surface area contributed by atoms with Crippen molar-refractivity contribution in [3.63, 3.8) is 0 Å². The molecule has 1 amide bonds. The molecule has 7 nitrogen and oxygen atoms in total. The second-order valence-corrected chi connectivity index (χ2v) is 7.36. The molecule has 2 unspecified atom stereocenters. The lowest BCUT2D eigenvalue weighted by atomic mass is 10.0. The Morgan fingerprint density at radius 1 is 1.30 bits per heavy atom. The van der Waals surface area contributed by atoms with Crippen molar-refractivity contribution in [3.8, 4) is 0 Å². The topological polar surface area (TPSA) is 113 Å². The third-order valence-electron chi connectivity index (χ3n) is 4.32. The maximum atomic E-state index is 12.6. The van der Waals surface area contributed by atoms with Crippen LogP contribution in [0.3, 0.4) is 0 Å². The lowest BCUT2D eigenvalue weighted by molar-refractivity contribution is -0.384. The average molecular weight is 392 g/mol. The van der Waals surface area contributed by atoms with Crippen molar-refractivity contribution in [3.05, 3.63) is 61.3 Å². The van der Waals surface area contributed by atoms with Gasteiger partial charge in [0, 0.05) is 17.0 Å². The van der Waals surface area contributed by atoms with Gasteiger partial charge >= 0.3 is 0 Å². The maximum absolute atomic E-state index is 12.6. The van der Waals surface area contributed by atoms with Crippen LogP contribution in [0.1, 0.15) is 52.0 Å². The predicted molar refractivity (Wildman–Crippen MR) is 104 cm³/mol. The molecule has 0 fully saturated rings. The van der Waals surface area contributed by atoms with Gasteiger partial charge in [0.2, 0.25) is 0 Å². The summed E-state index contributed by atoms with van der Waals surface area (Å²) in [7, 11) is 0. The van der Waals surface area contributed by atoms with Crippen LogP contribution in [0.2, 0.25) is 0 Å². The van der Waals surface area contributed by atoms with Crippen LogP contribution in [-0.2, 0) is 12.8 Å². The highest BCUT2D eigenvalue weighted by atomic mass is 32.1. The van der Waals surface area contributed by atoms with E-state index in [1.807, 2.05) is 13.0 Å². The van der Waals surface area contributed by atoms with E-state index in [0.29, 0.717) is 10.4 Å². The number of hydrogen-bond acceptors (Lipinski definition) is 6. The molecule has 2 atom stereocenters. The molecule has 0 radical (unpaired) electrons. The van der Waals surface area contributed by atoms with Gasteiger partial charge in [-0.25, -0.2) is 0 Å². The van der Waals surface area contributed by atoms with E-state index in [1.165, 1.54) is 40.5 Å². The number of non-ortho nitro benzene ring substituents is 1. The number of carbonyl (C=O) groups is 1. The number of benzene rings is 1. The molecule has 1 aromatic heterocycles. The first-order chi connectivity index (χ1) is 12.9. The van der Waals surface area contributed by atoms with Crippen LogP contribution in [0.4, 0.5) is 5.69 Å². The first kappa shape index (κ1) is 21.0. The Morgan fingerprint density at radius 2 is 1.96 bits per heavy atom. The Bertz CT molecular complexity index is 788. The number of aliphatic hydroxyl groups is 2. The molecule has 0 bridgehead atoms. The second kappa shape index (κ2) is 9.59. The number of amides is 1. The first-order valence-electron chi connectivity index (χ1n) is 8.86. The van der Waals surface area contributed by atoms with Gasteiger partial charge in [0.1, 0.15) is 6.10 Å². The Balaban J connectivity index is 2.13. The summed E-state index contributed by atoms with van der Waals surface area (Å²) in [5, 5.41) is 33.4.